The second kappa shape index (κ2) is 4.83. The summed E-state index contributed by atoms with van der Waals surface area (Å²) in [6.07, 6.45) is 10.4. The number of hydrazine groups is 1. The molecule has 2 aliphatic rings. The van der Waals surface area contributed by atoms with Gasteiger partial charge in [-0.25, -0.2) is 5.01 Å². The van der Waals surface area contributed by atoms with Crippen LogP contribution in [0.5, 0.6) is 0 Å². The first-order chi connectivity index (χ1) is 6.84. The fourth-order valence-electron chi connectivity index (χ4n) is 2.40. The molecule has 1 aliphatic carbocycles. The molecule has 0 aromatic carbocycles. The Labute approximate surface area is 87.3 Å². The number of nitrogens with zero attached hydrogens (tertiary/aromatic N) is 1. The highest BCUT2D eigenvalue weighted by molar-refractivity contribution is 5.03. The molecule has 0 aromatic heterocycles. The van der Waals surface area contributed by atoms with Gasteiger partial charge in [-0.2, -0.15) is 0 Å². The molecule has 14 heavy (non-hydrogen) atoms. The van der Waals surface area contributed by atoms with E-state index in [2.05, 4.69) is 23.4 Å². The minimum absolute atomic E-state index is 0.868. The third-order valence-corrected chi connectivity index (χ3v) is 3.28. The number of hydrogen-bond acceptors (Lipinski definition) is 2. The van der Waals surface area contributed by atoms with E-state index in [1.54, 1.807) is 0 Å². The fraction of sp³-hybridized carbons (Fsp3) is 0.833. The van der Waals surface area contributed by atoms with Gasteiger partial charge in [0, 0.05) is 18.8 Å². The van der Waals surface area contributed by atoms with Crippen molar-refractivity contribution in [3.63, 3.8) is 0 Å². The van der Waals surface area contributed by atoms with Crippen LogP contribution in [0.25, 0.3) is 0 Å². The molecule has 1 N–H and O–H groups in total. The molecule has 2 heteroatoms. The average Bonchev–Trinajstić information content (AvgIpc) is 2.19. The summed E-state index contributed by atoms with van der Waals surface area (Å²) in [6, 6.07) is 0. The van der Waals surface area contributed by atoms with Gasteiger partial charge in [0.2, 0.25) is 0 Å². The summed E-state index contributed by atoms with van der Waals surface area (Å²) in [4.78, 5) is 0. The molecule has 80 valence electrons. The van der Waals surface area contributed by atoms with Crippen LogP contribution in [0, 0.1) is 5.92 Å². The highest BCUT2D eigenvalue weighted by Gasteiger charge is 2.14. The van der Waals surface area contributed by atoms with Gasteiger partial charge in [-0.1, -0.05) is 19.4 Å². The Bertz CT molecular complexity index is 204. The third-order valence-electron chi connectivity index (χ3n) is 3.28. The summed E-state index contributed by atoms with van der Waals surface area (Å²) in [5.41, 5.74) is 5.05. The Morgan fingerprint density at radius 3 is 2.79 bits per heavy atom. The van der Waals surface area contributed by atoms with Gasteiger partial charge in [0.05, 0.1) is 0 Å². The van der Waals surface area contributed by atoms with Crippen LogP contribution < -0.4 is 5.43 Å². The van der Waals surface area contributed by atoms with Crippen molar-refractivity contribution in [3.05, 3.63) is 11.8 Å². The van der Waals surface area contributed by atoms with E-state index in [4.69, 9.17) is 0 Å². The van der Waals surface area contributed by atoms with E-state index in [0.29, 0.717) is 0 Å². The Morgan fingerprint density at radius 2 is 2.07 bits per heavy atom. The highest BCUT2D eigenvalue weighted by atomic mass is 15.5. The van der Waals surface area contributed by atoms with E-state index in [1.807, 2.05) is 0 Å². The maximum absolute atomic E-state index is 3.58. The van der Waals surface area contributed by atoms with E-state index >= 15 is 0 Å². The van der Waals surface area contributed by atoms with Crippen LogP contribution in [-0.2, 0) is 0 Å². The molecular weight excluding hydrogens is 172 g/mol. The van der Waals surface area contributed by atoms with Gasteiger partial charge in [-0.15, -0.1) is 0 Å². The highest BCUT2D eigenvalue weighted by Crippen LogP contribution is 2.22. The van der Waals surface area contributed by atoms with Crippen molar-refractivity contribution in [2.75, 3.05) is 13.1 Å². The lowest BCUT2D eigenvalue weighted by molar-refractivity contribution is 0.168. The Balaban J connectivity index is 1.80. The molecule has 1 saturated heterocycles. The lowest BCUT2D eigenvalue weighted by atomic mass is 9.94. The predicted molar refractivity (Wildman–Crippen MR) is 59.7 cm³/mol. The average molecular weight is 194 g/mol. The van der Waals surface area contributed by atoms with Crippen molar-refractivity contribution >= 4 is 0 Å². The second-order valence-corrected chi connectivity index (χ2v) is 4.78. The first kappa shape index (κ1) is 10.0. The largest absolute Gasteiger partial charge is 0.323 e. The summed E-state index contributed by atoms with van der Waals surface area (Å²) in [5.74, 6) is 0.868. The van der Waals surface area contributed by atoms with Crippen molar-refractivity contribution in [1.82, 2.24) is 10.4 Å². The van der Waals surface area contributed by atoms with Crippen molar-refractivity contribution in [2.24, 2.45) is 5.92 Å². The zero-order chi connectivity index (χ0) is 9.80. The van der Waals surface area contributed by atoms with Crippen LogP contribution in [0.2, 0.25) is 0 Å². The number of allylic oxidation sites excluding steroid dienone is 2. The van der Waals surface area contributed by atoms with Crippen molar-refractivity contribution in [3.8, 4) is 0 Å². The summed E-state index contributed by atoms with van der Waals surface area (Å²) < 4.78 is 0. The van der Waals surface area contributed by atoms with Gasteiger partial charge in [0.15, 0.2) is 0 Å². The monoisotopic (exact) mass is 194 g/mol. The molecule has 0 spiro atoms. The van der Waals surface area contributed by atoms with E-state index in [1.165, 1.54) is 57.3 Å². The van der Waals surface area contributed by atoms with Gasteiger partial charge in [-0.05, 0) is 38.0 Å². The first-order valence-corrected chi connectivity index (χ1v) is 6.05. The quantitative estimate of drug-likeness (QED) is 0.727. The van der Waals surface area contributed by atoms with Crippen LogP contribution in [0.4, 0.5) is 0 Å². The molecule has 0 bridgehead atoms. The Kier molecular flexibility index (Phi) is 3.46. The molecule has 1 atom stereocenters. The zero-order valence-corrected chi connectivity index (χ0v) is 9.26. The van der Waals surface area contributed by atoms with E-state index in [9.17, 15) is 0 Å². The van der Waals surface area contributed by atoms with E-state index in [-0.39, 0.29) is 0 Å². The van der Waals surface area contributed by atoms with Crippen LogP contribution >= 0.6 is 0 Å². The predicted octanol–water partition coefficient (Wildman–Crippen LogP) is 2.68. The van der Waals surface area contributed by atoms with Crippen molar-refractivity contribution in [2.45, 2.75) is 45.4 Å². The molecule has 2 nitrogen and oxygen atoms in total. The topological polar surface area (TPSA) is 15.3 Å². The van der Waals surface area contributed by atoms with Gasteiger partial charge < -0.3 is 5.43 Å². The van der Waals surface area contributed by atoms with Crippen molar-refractivity contribution < 1.29 is 0 Å². The van der Waals surface area contributed by atoms with Gasteiger partial charge in [-0.3, -0.25) is 0 Å². The normalized spacial score (nSPS) is 29.8. The molecule has 0 aromatic rings. The maximum Gasteiger partial charge on any atom is 0.0227 e. The SMILES string of the molecule is CC1CCC=C(NN2CCCCC2)C1. The standard InChI is InChI=1S/C12H22N2/c1-11-6-5-7-12(10-11)13-14-8-3-2-4-9-14/h7,11,13H,2-6,8-10H2,1H3. The Hall–Kier alpha value is -0.500. The molecule has 1 heterocycles. The van der Waals surface area contributed by atoms with Crippen molar-refractivity contribution in [1.29, 1.82) is 0 Å². The number of hydrogen-bond donors (Lipinski definition) is 1. The van der Waals surface area contributed by atoms with Gasteiger partial charge in [0.25, 0.3) is 0 Å². The summed E-state index contributed by atoms with van der Waals surface area (Å²) >= 11 is 0. The number of rotatable bonds is 2. The summed E-state index contributed by atoms with van der Waals surface area (Å²) in [6.45, 7) is 4.81. The third kappa shape index (κ3) is 2.74. The summed E-state index contributed by atoms with van der Waals surface area (Å²) in [5, 5.41) is 2.40. The van der Waals surface area contributed by atoms with Crippen LogP contribution in [-0.4, -0.2) is 18.1 Å². The molecule has 0 amide bonds. The zero-order valence-electron chi connectivity index (χ0n) is 9.26. The molecule has 0 radical (unpaired) electrons. The van der Waals surface area contributed by atoms with Gasteiger partial charge in [0.1, 0.15) is 0 Å². The molecule has 1 fully saturated rings. The van der Waals surface area contributed by atoms with Crippen LogP contribution in [0.15, 0.2) is 11.8 Å². The first-order valence-electron chi connectivity index (χ1n) is 6.05. The summed E-state index contributed by atoms with van der Waals surface area (Å²) in [7, 11) is 0. The molecule has 2 rings (SSSR count). The van der Waals surface area contributed by atoms with Crippen LogP contribution in [0.1, 0.15) is 45.4 Å². The number of nitrogens with one attached hydrogen (secondary N) is 1. The lowest BCUT2D eigenvalue weighted by Crippen LogP contribution is -2.41. The molecular formula is C12H22N2. The van der Waals surface area contributed by atoms with Crippen LogP contribution in [0.3, 0.4) is 0 Å². The lowest BCUT2D eigenvalue weighted by Gasteiger charge is -2.31. The second-order valence-electron chi connectivity index (χ2n) is 4.78. The Morgan fingerprint density at radius 1 is 1.29 bits per heavy atom. The van der Waals surface area contributed by atoms with E-state index in [0.717, 1.165) is 5.92 Å². The molecule has 1 aliphatic heterocycles. The molecule has 0 saturated carbocycles. The molecule has 1 unspecified atom stereocenters. The van der Waals surface area contributed by atoms with E-state index < -0.39 is 0 Å². The maximum atomic E-state index is 3.58. The minimum Gasteiger partial charge on any atom is -0.323 e. The van der Waals surface area contributed by atoms with Gasteiger partial charge >= 0.3 is 0 Å². The minimum atomic E-state index is 0.868. The fourth-order valence-corrected chi connectivity index (χ4v) is 2.40. The smallest absolute Gasteiger partial charge is 0.0227 e. The number of piperidine rings is 1.